The number of ether oxygens (including phenoxy) is 1. The summed E-state index contributed by atoms with van der Waals surface area (Å²) in [6.07, 6.45) is 0.398. The van der Waals surface area contributed by atoms with Gasteiger partial charge in [-0.2, -0.15) is 0 Å². The molecule has 4 rings (SSSR count). The minimum Gasteiger partial charge on any atom is -0.508 e. The zero-order valence-electron chi connectivity index (χ0n) is 16.5. The van der Waals surface area contributed by atoms with Gasteiger partial charge >= 0.3 is 0 Å². The van der Waals surface area contributed by atoms with E-state index in [0.717, 1.165) is 5.56 Å². The second kappa shape index (κ2) is 8.16. The first kappa shape index (κ1) is 20.5. The van der Waals surface area contributed by atoms with Gasteiger partial charge in [0, 0.05) is 17.7 Å². The van der Waals surface area contributed by atoms with Gasteiger partial charge in [-0.15, -0.1) is 0 Å². The smallest absolute Gasteiger partial charge is 0.157 e. The molecule has 0 bridgehead atoms. The van der Waals surface area contributed by atoms with Crippen LogP contribution in [0.1, 0.15) is 22.8 Å². The Hall–Kier alpha value is -3.78. The van der Waals surface area contributed by atoms with Crippen molar-refractivity contribution in [1.29, 1.82) is 0 Å². The zero-order valence-corrected chi connectivity index (χ0v) is 16.5. The van der Waals surface area contributed by atoms with E-state index in [2.05, 4.69) is 5.32 Å². The molecule has 0 saturated heterocycles. The molecule has 0 spiro atoms. The maximum atomic E-state index is 10.3. The summed E-state index contributed by atoms with van der Waals surface area (Å²) in [6.45, 7) is 0.507. The number of phenols is 6. The van der Waals surface area contributed by atoms with Gasteiger partial charge in [0.15, 0.2) is 23.0 Å². The molecule has 0 radical (unpaired) electrons. The van der Waals surface area contributed by atoms with Crippen molar-refractivity contribution >= 4 is 0 Å². The zero-order chi connectivity index (χ0) is 22.1. The van der Waals surface area contributed by atoms with Gasteiger partial charge in [0.2, 0.25) is 0 Å². The number of rotatable bonds is 5. The van der Waals surface area contributed by atoms with Crippen LogP contribution in [-0.2, 0) is 12.8 Å². The number of benzene rings is 3. The highest BCUT2D eigenvalue weighted by Crippen LogP contribution is 2.42. The summed E-state index contributed by atoms with van der Waals surface area (Å²) in [5.74, 6) is -0.735. The van der Waals surface area contributed by atoms with Gasteiger partial charge in [0.1, 0.15) is 23.4 Å². The van der Waals surface area contributed by atoms with Crippen LogP contribution in [0.3, 0.4) is 0 Å². The lowest BCUT2D eigenvalue weighted by Crippen LogP contribution is -2.42. The summed E-state index contributed by atoms with van der Waals surface area (Å²) in [5, 5.41) is 62.1. The van der Waals surface area contributed by atoms with Crippen molar-refractivity contribution in [1.82, 2.24) is 5.32 Å². The van der Waals surface area contributed by atoms with Gasteiger partial charge in [0.25, 0.3) is 0 Å². The minimum atomic E-state index is -0.562. The van der Waals surface area contributed by atoms with Crippen molar-refractivity contribution in [3.63, 3.8) is 0 Å². The standard InChI is InChI=1S/C23H23NO7/c25-14-9-19(28)15-11-16(24-6-5-12-1-3-17(26)20(29)7-12)23(31-22(15)10-14)13-2-4-18(27)21(30)8-13/h1-4,7-10,16,23-30H,5-6,11H2/t16-,23-/m1/s1. The van der Waals surface area contributed by atoms with Gasteiger partial charge in [-0.25, -0.2) is 0 Å². The minimum absolute atomic E-state index is 0.0720. The Kier molecular flexibility index (Phi) is 5.39. The first-order valence-corrected chi connectivity index (χ1v) is 9.79. The number of phenolic OH excluding ortho intramolecular Hbond substituents is 6. The highest BCUT2D eigenvalue weighted by atomic mass is 16.5. The Labute approximate surface area is 178 Å². The molecule has 3 aromatic carbocycles. The van der Waals surface area contributed by atoms with Crippen LogP contribution in [-0.4, -0.2) is 43.2 Å². The topological polar surface area (TPSA) is 143 Å². The lowest BCUT2D eigenvalue weighted by Gasteiger charge is -2.35. The van der Waals surface area contributed by atoms with Crippen LogP contribution in [0, 0.1) is 0 Å². The third-order valence-electron chi connectivity index (χ3n) is 5.40. The van der Waals surface area contributed by atoms with Gasteiger partial charge < -0.3 is 40.7 Å². The van der Waals surface area contributed by atoms with Gasteiger partial charge in [-0.1, -0.05) is 12.1 Å². The molecule has 1 aliphatic heterocycles. The molecular weight excluding hydrogens is 402 g/mol. The van der Waals surface area contributed by atoms with E-state index in [0.29, 0.717) is 36.3 Å². The van der Waals surface area contributed by atoms with Crippen molar-refractivity contribution in [3.8, 4) is 40.2 Å². The Balaban J connectivity index is 1.58. The Morgan fingerprint density at radius 3 is 2.19 bits per heavy atom. The average molecular weight is 425 g/mol. The Morgan fingerprint density at radius 2 is 1.48 bits per heavy atom. The molecule has 0 saturated carbocycles. The van der Waals surface area contributed by atoms with E-state index in [1.165, 1.54) is 36.4 Å². The highest BCUT2D eigenvalue weighted by Gasteiger charge is 2.33. The molecule has 0 aliphatic carbocycles. The number of nitrogens with one attached hydrogen (secondary N) is 1. The molecule has 0 unspecified atom stereocenters. The summed E-state index contributed by atoms with van der Waals surface area (Å²) in [6, 6.07) is 11.5. The van der Waals surface area contributed by atoms with Crippen LogP contribution in [0.4, 0.5) is 0 Å². The maximum Gasteiger partial charge on any atom is 0.157 e. The van der Waals surface area contributed by atoms with Crippen molar-refractivity contribution in [2.45, 2.75) is 25.0 Å². The van der Waals surface area contributed by atoms with Crippen LogP contribution in [0.5, 0.6) is 40.2 Å². The van der Waals surface area contributed by atoms with E-state index in [1.54, 1.807) is 12.1 Å². The van der Waals surface area contributed by atoms with Gasteiger partial charge in [-0.3, -0.25) is 0 Å². The fraction of sp³-hybridized carbons (Fsp3) is 0.217. The molecule has 2 atom stereocenters. The monoisotopic (exact) mass is 425 g/mol. The third kappa shape index (κ3) is 4.24. The summed E-state index contributed by atoms with van der Waals surface area (Å²) in [5.41, 5.74) is 1.99. The van der Waals surface area contributed by atoms with E-state index >= 15 is 0 Å². The fourth-order valence-electron chi connectivity index (χ4n) is 3.80. The van der Waals surface area contributed by atoms with Crippen LogP contribution in [0.25, 0.3) is 0 Å². The molecule has 7 N–H and O–H groups in total. The quantitative estimate of drug-likeness (QED) is 0.309. The molecule has 1 aliphatic rings. The summed E-state index contributed by atoms with van der Waals surface area (Å²) in [4.78, 5) is 0. The number of fused-ring (bicyclic) bond motifs is 1. The van der Waals surface area contributed by atoms with Gasteiger partial charge in [-0.05, 0) is 54.8 Å². The van der Waals surface area contributed by atoms with E-state index in [1.807, 2.05) is 0 Å². The molecule has 0 fully saturated rings. The average Bonchev–Trinajstić information content (AvgIpc) is 2.72. The molecule has 31 heavy (non-hydrogen) atoms. The maximum absolute atomic E-state index is 10.3. The van der Waals surface area contributed by atoms with Crippen LogP contribution >= 0.6 is 0 Å². The van der Waals surface area contributed by atoms with Crippen molar-refractivity contribution in [3.05, 3.63) is 65.2 Å². The Bertz CT molecular complexity index is 1120. The third-order valence-corrected chi connectivity index (χ3v) is 5.40. The molecule has 0 aromatic heterocycles. The predicted molar refractivity (Wildman–Crippen MR) is 112 cm³/mol. The Morgan fingerprint density at radius 1 is 0.774 bits per heavy atom. The molecule has 3 aromatic rings. The number of aromatic hydroxyl groups is 6. The lowest BCUT2D eigenvalue weighted by molar-refractivity contribution is 0.132. The molecule has 8 nitrogen and oxygen atoms in total. The van der Waals surface area contributed by atoms with Crippen LogP contribution in [0.2, 0.25) is 0 Å². The number of hydrogen-bond donors (Lipinski definition) is 7. The molecule has 1 heterocycles. The molecule has 162 valence electrons. The molecule has 8 heteroatoms. The van der Waals surface area contributed by atoms with E-state index < -0.39 is 6.10 Å². The summed E-state index contributed by atoms with van der Waals surface area (Å²) in [7, 11) is 0. The van der Waals surface area contributed by atoms with Crippen molar-refractivity contribution in [2.75, 3.05) is 6.54 Å². The van der Waals surface area contributed by atoms with E-state index in [9.17, 15) is 30.6 Å². The molecule has 0 amide bonds. The summed E-state index contributed by atoms with van der Waals surface area (Å²) < 4.78 is 6.08. The predicted octanol–water partition coefficient (Wildman–Crippen LogP) is 2.80. The van der Waals surface area contributed by atoms with Crippen LogP contribution < -0.4 is 10.1 Å². The van der Waals surface area contributed by atoms with Crippen LogP contribution in [0.15, 0.2) is 48.5 Å². The van der Waals surface area contributed by atoms with Gasteiger partial charge in [0.05, 0.1) is 6.04 Å². The first-order chi connectivity index (χ1) is 14.8. The van der Waals surface area contributed by atoms with E-state index in [-0.39, 0.29) is 40.5 Å². The summed E-state index contributed by atoms with van der Waals surface area (Å²) >= 11 is 0. The SMILES string of the molecule is Oc1cc(O)c2c(c1)O[C@H](c1ccc(O)c(O)c1)[C@H](NCCc1ccc(O)c(O)c1)C2. The fourth-order valence-corrected chi connectivity index (χ4v) is 3.80. The molecular formula is C23H23NO7. The van der Waals surface area contributed by atoms with E-state index in [4.69, 9.17) is 4.74 Å². The first-order valence-electron chi connectivity index (χ1n) is 9.79. The second-order valence-corrected chi connectivity index (χ2v) is 7.57. The normalized spacial score (nSPS) is 17.7. The van der Waals surface area contributed by atoms with Crippen molar-refractivity contribution in [2.24, 2.45) is 0 Å². The lowest BCUT2D eigenvalue weighted by atomic mass is 9.91. The largest absolute Gasteiger partial charge is 0.508 e. The number of hydrogen-bond acceptors (Lipinski definition) is 8. The highest BCUT2D eigenvalue weighted by molar-refractivity contribution is 5.52. The second-order valence-electron chi connectivity index (χ2n) is 7.57. The van der Waals surface area contributed by atoms with Crippen molar-refractivity contribution < 1.29 is 35.4 Å².